The van der Waals surface area contributed by atoms with Gasteiger partial charge in [0.15, 0.2) is 0 Å². The molecule has 0 radical (unpaired) electrons. The summed E-state index contributed by atoms with van der Waals surface area (Å²) in [5.74, 6) is 0. The molecule has 1 N–H and O–H groups in total. The van der Waals surface area contributed by atoms with E-state index in [1.54, 1.807) is 6.33 Å². The fraction of sp³-hybridized carbons (Fsp3) is 0.100. The van der Waals surface area contributed by atoms with Crippen LogP contribution in [0.15, 0.2) is 41.7 Å². The van der Waals surface area contributed by atoms with Gasteiger partial charge in [-0.15, -0.1) is 12.6 Å². The molecule has 1 heterocycles. The monoisotopic (exact) mass is 190 g/mol. The Hall–Kier alpha value is -1.22. The van der Waals surface area contributed by atoms with Gasteiger partial charge in [0.25, 0.3) is 0 Å². The maximum Gasteiger partial charge on any atom is 0.0921 e. The summed E-state index contributed by atoms with van der Waals surface area (Å²) in [6, 6.07) is 8.12. The van der Waals surface area contributed by atoms with Gasteiger partial charge in [-0.1, -0.05) is 12.1 Å². The summed E-state index contributed by atoms with van der Waals surface area (Å²) in [5.41, 5.74) is 2.37. The largest absolute Gasteiger partial charge is 0.348 e. The predicted octanol–water partition coefficient (Wildman–Crippen LogP) is 2.29. The zero-order chi connectivity index (χ0) is 9.10. The molecule has 2 aromatic rings. The van der Waals surface area contributed by atoms with Crippen LogP contribution >= 0.6 is 12.6 Å². The number of hydrogen-bond donors (Lipinski definition) is 2. The van der Waals surface area contributed by atoms with Crippen molar-refractivity contribution in [3.63, 3.8) is 0 Å². The van der Waals surface area contributed by atoms with Crippen LogP contribution in [-0.4, -0.2) is 9.97 Å². The summed E-state index contributed by atoms with van der Waals surface area (Å²) in [7, 11) is 0. The standard InChI is InChI=1S/C10H10N2S/c13-10-3-1-2-8(5-10)4-9-6-11-7-12-9/h1-3,5-7,13H,4H2,(H,11,12). The minimum atomic E-state index is 0.883. The minimum Gasteiger partial charge on any atom is -0.348 e. The number of aromatic amines is 1. The second-order valence-corrected chi connectivity index (χ2v) is 3.44. The van der Waals surface area contributed by atoms with Crippen LogP contribution in [0.1, 0.15) is 11.3 Å². The number of rotatable bonds is 2. The van der Waals surface area contributed by atoms with Crippen molar-refractivity contribution in [2.45, 2.75) is 11.3 Å². The van der Waals surface area contributed by atoms with Crippen LogP contribution < -0.4 is 0 Å². The Bertz CT molecular complexity index is 382. The van der Waals surface area contributed by atoms with Crippen molar-refractivity contribution < 1.29 is 0 Å². The molecule has 3 heteroatoms. The van der Waals surface area contributed by atoms with Crippen LogP contribution in [0, 0.1) is 0 Å². The first-order valence-corrected chi connectivity index (χ1v) is 4.54. The van der Waals surface area contributed by atoms with Gasteiger partial charge >= 0.3 is 0 Å². The van der Waals surface area contributed by atoms with Gasteiger partial charge in [0.05, 0.1) is 6.33 Å². The number of thiol groups is 1. The van der Waals surface area contributed by atoms with E-state index in [2.05, 4.69) is 34.7 Å². The van der Waals surface area contributed by atoms with Crippen LogP contribution in [0.5, 0.6) is 0 Å². The molecule has 0 atom stereocenters. The Kier molecular flexibility index (Phi) is 2.36. The van der Waals surface area contributed by atoms with Gasteiger partial charge in [-0.05, 0) is 17.7 Å². The van der Waals surface area contributed by atoms with Crippen molar-refractivity contribution in [3.8, 4) is 0 Å². The first-order chi connectivity index (χ1) is 6.34. The molecule has 0 unspecified atom stereocenters. The quantitative estimate of drug-likeness (QED) is 0.699. The highest BCUT2D eigenvalue weighted by Crippen LogP contribution is 2.11. The summed E-state index contributed by atoms with van der Waals surface area (Å²) in [4.78, 5) is 8.03. The van der Waals surface area contributed by atoms with E-state index in [4.69, 9.17) is 0 Å². The molecule has 0 fully saturated rings. The first kappa shape index (κ1) is 8.38. The predicted molar refractivity (Wildman–Crippen MR) is 55.1 cm³/mol. The molecule has 2 rings (SSSR count). The van der Waals surface area contributed by atoms with E-state index in [0.717, 1.165) is 17.0 Å². The highest BCUT2D eigenvalue weighted by molar-refractivity contribution is 7.80. The van der Waals surface area contributed by atoms with Gasteiger partial charge < -0.3 is 4.98 Å². The number of aromatic nitrogens is 2. The molecule has 13 heavy (non-hydrogen) atoms. The fourth-order valence-electron chi connectivity index (χ4n) is 1.27. The first-order valence-electron chi connectivity index (χ1n) is 4.10. The van der Waals surface area contributed by atoms with E-state index in [0.29, 0.717) is 0 Å². The Morgan fingerprint density at radius 1 is 1.38 bits per heavy atom. The highest BCUT2D eigenvalue weighted by atomic mass is 32.1. The maximum absolute atomic E-state index is 4.28. The second kappa shape index (κ2) is 3.66. The van der Waals surface area contributed by atoms with Gasteiger partial charge in [-0.25, -0.2) is 4.98 Å². The average Bonchev–Trinajstić information content (AvgIpc) is 2.57. The third-order valence-corrected chi connectivity index (χ3v) is 2.14. The van der Waals surface area contributed by atoms with Crippen LogP contribution in [0.2, 0.25) is 0 Å². The molecule has 0 bridgehead atoms. The van der Waals surface area contributed by atoms with E-state index >= 15 is 0 Å². The lowest BCUT2D eigenvalue weighted by atomic mass is 10.1. The molecule has 0 aliphatic heterocycles. The smallest absolute Gasteiger partial charge is 0.0921 e. The maximum atomic E-state index is 4.28. The summed E-state index contributed by atoms with van der Waals surface area (Å²) >= 11 is 4.28. The SMILES string of the molecule is Sc1cccc(Cc2cnc[nH]2)c1. The average molecular weight is 190 g/mol. The van der Waals surface area contributed by atoms with Crippen molar-refractivity contribution in [2.24, 2.45) is 0 Å². The molecule has 66 valence electrons. The number of nitrogens with zero attached hydrogens (tertiary/aromatic N) is 1. The number of imidazole rings is 1. The summed E-state index contributed by atoms with van der Waals surface area (Å²) in [6.07, 6.45) is 4.42. The van der Waals surface area contributed by atoms with Gasteiger partial charge in [-0.2, -0.15) is 0 Å². The lowest BCUT2D eigenvalue weighted by Gasteiger charge is -1.99. The van der Waals surface area contributed by atoms with Crippen LogP contribution in [0.4, 0.5) is 0 Å². The zero-order valence-electron chi connectivity index (χ0n) is 7.07. The number of H-pyrrole nitrogens is 1. The Labute approximate surface area is 82.4 Å². The zero-order valence-corrected chi connectivity index (χ0v) is 7.96. The second-order valence-electron chi connectivity index (χ2n) is 2.92. The van der Waals surface area contributed by atoms with E-state index in [1.165, 1.54) is 5.56 Å². The van der Waals surface area contributed by atoms with Crippen molar-refractivity contribution >= 4 is 12.6 Å². The molecule has 0 saturated carbocycles. The van der Waals surface area contributed by atoms with Crippen LogP contribution in [-0.2, 0) is 6.42 Å². The van der Waals surface area contributed by atoms with E-state index < -0.39 is 0 Å². The van der Waals surface area contributed by atoms with Crippen molar-refractivity contribution in [1.82, 2.24) is 9.97 Å². The molecule has 1 aromatic carbocycles. The molecule has 0 spiro atoms. The Balaban J connectivity index is 2.19. The van der Waals surface area contributed by atoms with E-state index in [1.807, 2.05) is 18.3 Å². The number of benzene rings is 1. The van der Waals surface area contributed by atoms with E-state index in [9.17, 15) is 0 Å². The molecule has 0 aliphatic rings. The molecular weight excluding hydrogens is 180 g/mol. The topological polar surface area (TPSA) is 28.7 Å². The minimum absolute atomic E-state index is 0.883. The molecule has 2 nitrogen and oxygen atoms in total. The van der Waals surface area contributed by atoms with Crippen LogP contribution in [0.3, 0.4) is 0 Å². The van der Waals surface area contributed by atoms with Crippen molar-refractivity contribution in [2.75, 3.05) is 0 Å². The Morgan fingerprint density at radius 3 is 3.00 bits per heavy atom. The molecule has 0 aliphatic carbocycles. The summed E-state index contributed by atoms with van der Waals surface area (Å²) < 4.78 is 0. The lowest BCUT2D eigenvalue weighted by Crippen LogP contribution is -1.87. The third kappa shape index (κ3) is 2.12. The summed E-state index contributed by atoms with van der Waals surface area (Å²) in [5, 5.41) is 0. The molecule has 0 saturated heterocycles. The lowest BCUT2D eigenvalue weighted by molar-refractivity contribution is 1.10. The third-order valence-electron chi connectivity index (χ3n) is 1.86. The van der Waals surface area contributed by atoms with Crippen molar-refractivity contribution in [1.29, 1.82) is 0 Å². The van der Waals surface area contributed by atoms with Gasteiger partial charge in [0.1, 0.15) is 0 Å². The Morgan fingerprint density at radius 2 is 2.31 bits per heavy atom. The highest BCUT2D eigenvalue weighted by Gasteiger charge is 1.96. The fourth-order valence-corrected chi connectivity index (χ4v) is 1.52. The normalized spacial score (nSPS) is 10.2. The van der Waals surface area contributed by atoms with Gasteiger partial charge in [0, 0.05) is 23.2 Å². The molecule has 0 amide bonds. The summed E-state index contributed by atoms with van der Waals surface area (Å²) in [6.45, 7) is 0. The van der Waals surface area contributed by atoms with Gasteiger partial charge in [0.2, 0.25) is 0 Å². The van der Waals surface area contributed by atoms with Crippen molar-refractivity contribution in [3.05, 3.63) is 48.0 Å². The van der Waals surface area contributed by atoms with Crippen LogP contribution in [0.25, 0.3) is 0 Å². The molecular formula is C10H10N2S. The van der Waals surface area contributed by atoms with Gasteiger partial charge in [-0.3, -0.25) is 0 Å². The van der Waals surface area contributed by atoms with E-state index in [-0.39, 0.29) is 0 Å². The number of nitrogens with one attached hydrogen (secondary N) is 1. The molecule has 1 aromatic heterocycles. The number of hydrogen-bond acceptors (Lipinski definition) is 2.